The molecule has 1 aliphatic rings. The van der Waals surface area contributed by atoms with Crippen molar-refractivity contribution in [1.82, 2.24) is 10.2 Å². The van der Waals surface area contributed by atoms with Crippen LogP contribution >= 0.6 is 0 Å². The molecule has 3 N–H and O–H groups in total. The molecule has 2 amide bonds. The van der Waals surface area contributed by atoms with Crippen molar-refractivity contribution in [3.63, 3.8) is 0 Å². The average molecular weight is 230 g/mol. The summed E-state index contributed by atoms with van der Waals surface area (Å²) in [6.07, 6.45) is 1.81. The Morgan fingerprint density at radius 1 is 1.44 bits per heavy atom. The number of aliphatic hydroxyl groups excluding tert-OH is 1. The minimum Gasteiger partial charge on any atom is -0.481 e. The first-order chi connectivity index (χ1) is 7.54. The molecule has 1 rings (SSSR count). The van der Waals surface area contributed by atoms with Crippen molar-refractivity contribution in [1.29, 1.82) is 0 Å². The predicted octanol–water partition coefficient (Wildman–Crippen LogP) is -0.127. The van der Waals surface area contributed by atoms with Gasteiger partial charge in [-0.1, -0.05) is 0 Å². The summed E-state index contributed by atoms with van der Waals surface area (Å²) >= 11 is 0. The summed E-state index contributed by atoms with van der Waals surface area (Å²) in [5.41, 5.74) is 0. The molecular weight excluding hydrogens is 212 g/mol. The molecule has 0 aliphatic heterocycles. The van der Waals surface area contributed by atoms with Crippen LogP contribution in [-0.2, 0) is 4.79 Å². The van der Waals surface area contributed by atoms with E-state index in [0.29, 0.717) is 19.3 Å². The van der Waals surface area contributed by atoms with Gasteiger partial charge >= 0.3 is 12.0 Å². The molecule has 1 saturated carbocycles. The average Bonchev–Trinajstić information content (AvgIpc) is 2.66. The lowest BCUT2D eigenvalue weighted by molar-refractivity contribution is -0.141. The van der Waals surface area contributed by atoms with Gasteiger partial charge in [-0.2, -0.15) is 0 Å². The molecule has 16 heavy (non-hydrogen) atoms. The Balaban J connectivity index is 2.33. The minimum absolute atomic E-state index is 0.0604. The van der Waals surface area contributed by atoms with E-state index < -0.39 is 5.97 Å². The van der Waals surface area contributed by atoms with Crippen molar-refractivity contribution in [2.24, 2.45) is 5.92 Å². The molecule has 0 aromatic rings. The summed E-state index contributed by atoms with van der Waals surface area (Å²) < 4.78 is 0. The maximum atomic E-state index is 11.5. The molecule has 6 heteroatoms. The topological polar surface area (TPSA) is 89.9 Å². The van der Waals surface area contributed by atoms with Gasteiger partial charge in [-0.25, -0.2) is 4.79 Å². The van der Waals surface area contributed by atoms with Gasteiger partial charge < -0.3 is 20.4 Å². The van der Waals surface area contributed by atoms with Crippen molar-refractivity contribution < 1.29 is 19.8 Å². The first kappa shape index (κ1) is 12.8. The Hall–Kier alpha value is -1.30. The van der Waals surface area contributed by atoms with Crippen molar-refractivity contribution in [2.45, 2.75) is 25.3 Å². The molecule has 0 unspecified atom stereocenters. The van der Waals surface area contributed by atoms with E-state index in [0.717, 1.165) is 0 Å². The molecule has 6 nitrogen and oxygen atoms in total. The van der Waals surface area contributed by atoms with Gasteiger partial charge in [0, 0.05) is 19.6 Å². The zero-order valence-corrected chi connectivity index (χ0v) is 9.35. The van der Waals surface area contributed by atoms with Crippen LogP contribution in [-0.4, -0.2) is 53.4 Å². The van der Waals surface area contributed by atoms with E-state index in [1.165, 1.54) is 4.90 Å². The summed E-state index contributed by atoms with van der Waals surface area (Å²) in [7, 11) is 1.59. The number of carboxylic acid groups (broad SMARTS) is 1. The molecule has 0 aromatic carbocycles. The first-order valence-corrected chi connectivity index (χ1v) is 5.40. The number of carboxylic acids is 1. The van der Waals surface area contributed by atoms with Crippen LogP contribution in [0.3, 0.4) is 0 Å². The molecule has 0 spiro atoms. The zero-order chi connectivity index (χ0) is 12.1. The number of urea groups is 1. The lowest BCUT2D eigenvalue weighted by atomic mass is 10.1. The Morgan fingerprint density at radius 2 is 2.12 bits per heavy atom. The Bertz CT molecular complexity index is 270. The molecule has 0 saturated heterocycles. The molecule has 1 aliphatic carbocycles. The first-order valence-electron chi connectivity index (χ1n) is 5.40. The molecular formula is C10H18N2O4. The fraction of sp³-hybridized carbons (Fsp3) is 0.800. The van der Waals surface area contributed by atoms with Gasteiger partial charge in [-0.05, 0) is 19.3 Å². The SMILES string of the molecule is CN(CCO)C(=O)N[C@H]1CC[C@@H](C(=O)O)C1. The van der Waals surface area contributed by atoms with E-state index in [9.17, 15) is 9.59 Å². The fourth-order valence-electron chi connectivity index (χ4n) is 1.87. The van der Waals surface area contributed by atoms with Crippen LogP contribution in [0.4, 0.5) is 4.79 Å². The van der Waals surface area contributed by atoms with Gasteiger partial charge in [-0.15, -0.1) is 0 Å². The number of aliphatic carboxylic acids is 1. The maximum absolute atomic E-state index is 11.5. The number of nitrogens with zero attached hydrogens (tertiary/aromatic N) is 1. The van der Waals surface area contributed by atoms with Crippen molar-refractivity contribution in [3.8, 4) is 0 Å². The van der Waals surface area contributed by atoms with Gasteiger partial charge in [0.1, 0.15) is 0 Å². The number of carbonyl (C=O) groups is 2. The van der Waals surface area contributed by atoms with E-state index in [1.54, 1.807) is 7.05 Å². The molecule has 1 fully saturated rings. The third kappa shape index (κ3) is 3.37. The largest absolute Gasteiger partial charge is 0.481 e. The van der Waals surface area contributed by atoms with Crippen molar-refractivity contribution in [3.05, 3.63) is 0 Å². The summed E-state index contributed by atoms with van der Waals surface area (Å²) in [4.78, 5) is 23.6. The number of hydrogen-bond donors (Lipinski definition) is 3. The Kier molecular flexibility index (Phi) is 4.54. The number of nitrogens with one attached hydrogen (secondary N) is 1. The van der Waals surface area contributed by atoms with E-state index in [2.05, 4.69) is 5.32 Å². The fourth-order valence-corrected chi connectivity index (χ4v) is 1.87. The summed E-state index contributed by atoms with van der Waals surface area (Å²) in [6.45, 7) is 0.202. The highest BCUT2D eigenvalue weighted by atomic mass is 16.4. The zero-order valence-electron chi connectivity index (χ0n) is 9.35. The van der Waals surface area contributed by atoms with Crippen LogP contribution in [0.2, 0.25) is 0 Å². The van der Waals surface area contributed by atoms with Gasteiger partial charge in [0.05, 0.1) is 12.5 Å². The normalized spacial score (nSPS) is 24.1. The highest BCUT2D eigenvalue weighted by Gasteiger charge is 2.30. The molecule has 0 bridgehead atoms. The second kappa shape index (κ2) is 5.69. The van der Waals surface area contributed by atoms with Crippen molar-refractivity contribution >= 4 is 12.0 Å². The van der Waals surface area contributed by atoms with E-state index >= 15 is 0 Å². The summed E-state index contributed by atoms with van der Waals surface area (Å²) in [5.74, 6) is -1.13. The number of amides is 2. The Morgan fingerprint density at radius 3 is 2.62 bits per heavy atom. The van der Waals surface area contributed by atoms with Crippen molar-refractivity contribution in [2.75, 3.05) is 20.2 Å². The van der Waals surface area contributed by atoms with Crippen LogP contribution in [0.25, 0.3) is 0 Å². The van der Waals surface area contributed by atoms with Crippen LogP contribution in [0, 0.1) is 5.92 Å². The second-order valence-electron chi connectivity index (χ2n) is 4.14. The standard InChI is InChI=1S/C10H18N2O4/c1-12(4-5-13)10(16)11-8-3-2-7(6-8)9(14)15/h7-8,13H,2-6H2,1H3,(H,11,16)(H,14,15)/t7-,8+/m1/s1. The lowest BCUT2D eigenvalue weighted by Crippen LogP contribution is -2.43. The third-order valence-electron chi connectivity index (χ3n) is 2.89. The summed E-state index contributed by atoms with van der Waals surface area (Å²) in [5, 5.41) is 20.2. The number of hydrogen-bond acceptors (Lipinski definition) is 3. The molecule has 92 valence electrons. The number of likely N-dealkylation sites (N-methyl/N-ethyl adjacent to an activating group) is 1. The predicted molar refractivity (Wildman–Crippen MR) is 57.0 cm³/mol. The highest BCUT2D eigenvalue weighted by molar-refractivity contribution is 5.75. The van der Waals surface area contributed by atoms with E-state index in [1.807, 2.05) is 0 Å². The van der Waals surface area contributed by atoms with E-state index in [4.69, 9.17) is 10.2 Å². The lowest BCUT2D eigenvalue weighted by Gasteiger charge is -2.20. The van der Waals surface area contributed by atoms with E-state index in [-0.39, 0.29) is 31.1 Å². The smallest absolute Gasteiger partial charge is 0.317 e. The monoisotopic (exact) mass is 230 g/mol. The molecule has 2 atom stereocenters. The van der Waals surface area contributed by atoms with Gasteiger partial charge in [0.25, 0.3) is 0 Å². The molecule has 0 radical (unpaired) electrons. The van der Waals surface area contributed by atoms with Crippen LogP contribution in [0.1, 0.15) is 19.3 Å². The second-order valence-corrected chi connectivity index (χ2v) is 4.14. The molecule has 0 aromatic heterocycles. The van der Waals surface area contributed by atoms with Gasteiger partial charge in [-0.3, -0.25) is 4.79 Å². The van der Waals surface area contributed by atoms with Crippen LogP contribution < -0.4 is 5.32 Å². The number of carbonyl (C=O) groups excluding carboxylic acids is 1. The highest BCUT2D eigenvalue weighted by Crippen LogP contribution is 2.25. The van der Waals surface area contributed by atoms with Crippen LogP contribution in [0.15, 0.2) is 0 Å². The number of aliphatic hydroxyl groups is 1. The maximum Gasteiger partial charge on any atom is 0.317 e. The summed E-state index contributed by atoms with van der Waals surface area (Å²) in [6, 6.07) is -0.320. The van der Waals surface area contributed by atoms with Gasteiger partial charge in [0.2, 0.25) is 0 Å². The van der Waals surface area contributed by atoms with Crippen LogP contribution in [0.5, 0.6) is 0 Å². The quantitative estimate of drug-likeness (QED) is 0.627. The van der Waals surface area contributed by atoms with Gasteiger partial charge in [0.15, 0.2) is 0 Å². The minimum atomic E-state index is -0.791. The Labute approximate surface area is 94.2 Å². The number of rotatable bonds is 4. The third-order valence-corrected chi connectivity index (χ3v) is 2.89. The molecule has 0 heterocycles.